The van der Waals surface area contributed by atoms with Crippen molar-refractivity contribution in [3.05, 3.63) is 28.8 Å². The van der Waals surface area contributed by atoms with Gasteiger partial charge in [-0.25, -0.2) is 0 Å². The summed E-state index contributed by atoms with van der Waals surface area (Å²) in [6.45, 7) is 13.7. The van der Waals surface area contributed by atoms with Gasteiger partial charge >= 0.3 is 5.97 Å². The number of phenolic OH excluding ortho intramolecular Hbond substituents is 2. The largest absolute Gasteiger partial charge is 0.507 e. The number of fused-ring (bicyclic) bond motifs is 2. The molecule has 5 fully saturated rings. The fourth-order valence-corrected chi connectivity index (χ4v) is 11.7. The fraction of sp³-hybridized carbons (Fsp3) is 0.764. The van der Waals surface area contributed by atoms with Gasteiger partial charge < -0.3 is 108 Å². The summed E-state index contributed by atoms with van der Waals surface area (Å²) in [5.41, 5.74) is -1.51. The van der Waals surface area contributed by atoms with E-state index in [1.165, 1.54) is 46.9 Å². The van der Waals surface area contributed by atoms with E-state index in [0.717, 1.165) is 0 Å². The lowest BCUT2D eigenvalue weighted by Gasteiger charge is -2.46. The van der Waals surface area contributed by atoms with Gasteiger partial charge in [0.15, 0.2) is 36.7 Å². The SMILES string of the molecule is CCC(=O)O[C@@H]1C[C@H](O[C@@H]2C[C@H](Oc3cc4cc5c(c(O)c4c(O)c3C)C(=O)[C@@H](O[C@H]3C[C@@H](O[C@H]4C[C@@H](O[C@H]6C[C@](C)(O)[C@H](O)[C@@H](C)O6)[C@@H](O)[C@@H](C)O4)[C@H](O)[C@@H](C)O3)[C@H]([C@H](OC)C(=O)[C@@H](O)[C@@H](C)O)C5)O[C@H](C)[C@H]2O)O[C@H](C)[C@H]1O. The maximum Gasteiger partial charge on any atom is 0.305 e. The van der Waals surface area contributed by atoms with Gasteiger partial charge in [0, 0.05) is 57.1 Å². The minimum atomic E-state index is -1.96. The number of Topliss-reactive ketones (excluding diaryl/α,β-unsaturated/α-hetero) is 2. The minimum Gasteiger partial charge on any atom is -0.507 e. The van der Waals surface area contributed by atoms with Crippen LogP contribution in [-0.4, -0.2) is 223 Å². The highest BCUT2D eigenvalue weighted by Gasteiger charge is 2.52. The molecule has 0 saturated carbocycles. The quantitative estimate of drug-likeness (QED) is 0.0975. The van der Waals surface area contributed by atoms with E-state index >= 15 is 4.79 Å². The highest BCUT2D eigenvalue weighted by atomic mass is 16.7. The molecule has 0 aromatic heterocycles. The van der Waals surface area contributed by atoms with Gasteiger partial charge in [-0.2, -0.15) is 0 Å². The maximum atomic E-state index is 15.1. The van der Waals surface area contributed by atoms with Crippen LogP contribution in [0.15, 0.2) is 12.1 Å². The van der Waals surface area contributed by atoms with E-state index in [1.54, 1.807) is 34.6 Å². The molecule has 25 nitrogen and oxygen atoms in total. The number of esters is 1. The maximum absolute atomic E-state index is 15.1. The van der Waals surface area contributed by atoms with Crippen LogP contribution < -0.4 is 4.74 Å². The Morgan fingerprint density at radius 1 is 0.700 bits per heavy atom. The number of benzene rings is 2. The fourth-order valence-electron chi connectivity index (χ4n) is 11.7. The molecule has 6 aliphatic rings. The van der Waals surface area contributed by atoms with Crippen LogP contribution >= 0.6 is 0 Å². The van der Waals surface area contributed by atoms with Crippen LogP contribution in [0.3, 0.4) is 0 Å². The second-order valence-corrected chi connectivity index (χ2v) is 22.5. The van der Waals surface area contributed by atoms with Crippen molar-refractivity contribution in [2.24, 2.45) is 5.92 Å². The van der Waals surface area contributed by atoms with Crippen LogP contribution in [0.4, 0.5) is 0 Å². The number of aromatic hydroxyl groups is 2. The molecule has 5 saturated heterocycles. The van der Waals surface area contributed by atoms with Crippen LogP contribution in [0.25, 0.3) is 10.8 Å². The Bertz CT molecular complexity index is 2510. The Morgan fingerprint density at radius 3 is 1.69 bits per heavy atom. The molecule has 0 radical (unpaired) electrons. The summed E-state index contributed by atoms with van der Waals surface area (Å²) in [6.07, 6.45) is -27.0. The summed E-state index contributed by atoms with van der Waals surface area (Å²) in [6, 6.07) is 3.02. The van der Waals surface area contributed by atoms with Crippen LogP contribution in [0.2, 0.25) is 0 Å². The Kier molecular flexibility index (Phi) is 19.6. The summed E-state index contributed by atoms with van der Waals surface area (Å²) in [5.74, 6) is -4.64. The number of rotatable bonds is 17. The lowest BCUT2D eigenvalue weighted by atomic mass is 9.75. The smallest absolute Gasteiger partial charge is 0.305 e. The molecule has 0 bridgehead atoms. The van der Waals surface area contributed by atoms with Crippen LogP contribution in [0, 0.1) is 12.8 Å². The van der Waals surface area contributed by atoms with Crippen molar-refractivity contribution in [3.63, 3.8) is 0 Å². The van der Waals surface area contributed by atoms with Gasteiger partial charge in [0.05, 0.1) is 71.5 Å². The molecule has 0 unspecified atom stereocenters. The van der Waals surface area contributed by atoms with Gasteiger partial charge in [-0.05, 0) is 84.9 Å². The van der Waals surface area contributed by atoms with Crippen molar-refractivity contribution >= 4 is 28.3 Å². The third-order valence-electron chi connectivity index (χ3n) is 16.4. The van der Waals surface area contributed by atoms with Crippen LogP contribution in [-0.2, 0) is 68.1 Å². The molecule has 8 rings (SSSR count). The number of aliphatic hydroxyl groups is 8. The summed E-state index contributed by atoms with van der Waals surface area (Å²) >= 11 is 0. The average molecular weight is 1140 g/mol. The molecule has 2 aromatic carbocycles. The molecule has 80 heavy (non-hydrogen) atoms. The molecule has 0 amide bonds. The predicted octanol–water partition coefficient (Wildman–Crippen LogP) is 0.712. The molecule has 25 atom stereocenters. The standard InChI is InChI=1S/C55H80O25/c1-11-35(57)75-31-15-37(71-22(4)45(31)60)77-32-16-36(70-23(5)46(32)61)76-30-14-28-12-27-13-29(52(69-10)51(66)44(59)21(3)56)53(50(65)42(27)49(64)41(28)43(58)20(30)2)80-39-18-33(47(62)25(7)73-39)78-38-17-34(48(63)24(6)72-38)79-40-19-55(9,68)54(67)26(8)74-40/h12,14,21-26,29,31-34,36-40,44-48,52-54,56,58-64,67-68H,11,13,15-19H2,1-10H3/t21-,22-,23-,24-,25-,26-,29+,31-,32-,33-,34-,36+,37+,38+,39+,40+,44+,45-,46-,47-,48+,52+,53+,54-,55+/m1/s1. The topological polar surface area (TPSA) is 364 Å². The zero-order valence-electron chi connectivity index (χ0n) is 46.6. The van der Waals surface area contributed by atoms with Gasteiger partial charge in [0.25, 0.3) is 0 Å². The molecule has 450 valence electrons. The average Bonchev–Trinajstić information content (AvgIpc) is 3.58. The van der Waals surface area contributed by atoms with E-state index in [-0.39, 0.29) is 78.2 Å². The van der Waals surface area contributed by atoms with Crippen LogP contribution in [0.5, 0.6) is 17.2 Å². The summed E-state index contributed by atoms with van der Waals surface area (Å²) < 4.78 is 72.4. The number of phenols is 2. The zero-order chi connectivity index (χ0) is 58.6. The third-order valence-corrected chi connectivity index (χ3v) is 16.4. The number of hydrogen-bond donors (Lipinski definition) is 10. The van der Waals surface area contributed by atoms with Crippen LogP contribution in [0.1, 0.15) is 115 Å². The molecule has 0 spiro atoms. The minimum absolute atomic E-state index is 0.0183. The highest BCUT2D eigenvalue weighted by molar-refractivity contribution is 6.11. The second-order valence-electron chi connectivity index (χ2n) is 22.5. The molecule has 5 heterocycles. The van der Waals surface area contributed by atoms with E-state index in [4.69, 9.17) is 56.8 Å². The lowest BCUT2D eigenvalue weighted by Crippen LogP contribution is -2.58. The van der Waals surface area contributed by atoms with Crippen molar-refractivity contribution in [2.75, 3.05) is 7.11 Å². The van der Waals surface area contributed by atoms with Gasteiger partial charge in [0.2, 0.25) is 6.29 Å². The first-order valence-corrected chi connectivity index (χ1v) is 27.5. The monoisotopic (exact) mass is 1140 g/mol. The van der Waals surface area contributed by atoms with E-state index in [9.17, 15) is 60.7 Å². The summed E-state index contributed by atoms with van der Waals surface area (Å²) in [4.78, 5) is 41.1. The van der Waals surface area contributed by atoms with Gasteiger partial charge in [0.1, 0.15) is 72.2 Å². The van der Waals surface area contributed by atoms with Gasteiger partial charge in [-0.3, -0.25) is 14.4 Å². The first kappa shape index (κ1) is 62.2. The number of ketones is 2. The molecular formula is C55H80O25. The Morgan fingerprint density at radius 2 is 1.18 bits per heavy atom. The Balaban J connectivity index is 1.03. The number of ether oxygens (including phenoxy) is 12. The summed E-state index contributed by atoms with van der Waals surface area (Å²) in [7, 11) is 1.18. The highest BCUT2D eigenvalue weighted by Crippen LogP contribution is 2.48. The summed E-state index contributed by atoms with van der Waals surface area (Å²) in [5, 5.41) is 111. The third kappa shape index (κ3) is 12.9. The van der Waals surface area contributed by atoms with Crippen molar-refractivity contribution < 1.29 is 122 Å². The lowest BCUT2D eigenvalue weighted by molar-refractivity contribution is -0.334. The number of carbonyl (C=O) groups excluding carboxylic acids is 3. The number of aliphatic hydroxyl groups excluding tert-OH is 7. The Hall–Kier alpha value is -3.81. The van der Waals surface area contributed by atoms with Crippen molar-refractivity contribution in [1.82, 2.24) is 0 Å². The van der Waals surface area contributed by atoms with E-state index in [0.29, 0.717) is 0 Å². The van der Waals surface area contributed by atoms with E-state index < -0.39 is 182 Å². The predicted molar refractivity (Wildman–Crippen MR) is 273 cm³/mol. The Labute approximate surface area is 462 Å². The van der Waals surface area contributed by atoms with Crippen molar-refractivity contribution in [2.45, 2.75) is 254 Å². The zero-order valence-corrected chi connectivity index (χ0v) is 46.6. The van der Waals surface area contributed by atoms with E-state index in [1.807, 2.05) is 0 Å². The first-order chi connectivity index (χ1) is 37.6. The molecule has 5 aliphatic heterocycles. The molecular weight excluding hydrogens is 1060 g/mol. The molecule has 10 N–H and O–H groups in total. The second kappa shape index (κ2) is 25.2. The number of methoxy groups -OCH3 is 1. The first-order valence-electron chi connectivity index (χ1n) is 27.5. The number of carbonyl (C=O) groups is 3. The normalized spacial score (nSPS) is 40.9. The van der Waals surface area contributed by atoms with Gasteiger partial charge in [-0.1, -0.05) is 6.92 Å². The molecule has 2 aromatic rings. The molecule has 1 aliphatic carbocycles. The van der Waals surface area contributed by atoms with E-state index in [2.05, 4.69) is 0 Å². The molecule has 25 heteroatoms. The van der Waals surface area contributed by atoms with Crippen molar-refractivity contribution in [1.29, 1.82) is 0 Å². The van der Waals surface area contributed by atoms with Crippen molar-refractivity contribution in [3.8, 4) is 17.2 Å². The number of hydrogen-bond acceptors (Lipinski definition) is 25. The van der Waals surface area contributed by atoms with Gasteiger partial charge in [-0.15, -0.1) is 0 Å².